The fraction of sp³-hybridized carbons (Fsp3) is 0.304. The molecule has 0 aromatic heterocycles. The van der Waals surface area contributed by atoms with Crippen molar-refractivity contribution in [3.8, 4) is 0 Å². The molecule has 5 nitrogen and oxygen atoms in total. The van der Waals surface area contributed by atoms with Gasteiger partial charge in [0.05, 0.1) is 10.3 Å². The second-order valence-electron chi connectivity index (χ2n) is 8.02. The number of benzene rings is 2. The van der Waals surface area contributed by atoms with Crippen LogP contribution in [0.25, 0.3) is 0 Å². The van der Waals surface area contributed by atoms with E-state index in [1.54, 1.807) is 54.6 Å². The van der Waals surface area contributed by atoms with Crippen LogP contribution in [0, 0.1) is 12.3 Å². The van der Waals surface area contributed by atoms with E-state index in [9.17, 15) is 18.0 Å². The Morgan fingerprint density at radius 1 is 1.07 bits per heavy atom. The first-order chi connectivity index (χ1) is 14.2. The molecule has 4 rings (SSSR count). The molecule has 1 atom stereocenters. The van der Waals surface area contributed by atoms with Crippen molar-refractivity contribution in [2.24, 2.45) is 5.41 Å². The number of sulfonamides is 1. The fourth-order valence-corrected chi connectivity index (χ4v) is 5.96. The highest BCUT2D eigenvalue weighted by Crippen LogP contribution is 2.42. The Morgan fingerprint density at radius 2 is 1.73 bits per heavy atom. The molecule has 7 heteroatoms. The highest BCUT2D eigenvalue weighted by atomic mass is 79.9. The van der Waals surface area contributed by atoms with Gasteiger partial charge in [-0.3, -0.25) is 9.59 Å². The Labute approximate surface area is 185 Å². The quantitative estimate of drug-likeness (QED) is 0.602. The summed E-state index contributed by atoms with van der Waals surface area (Å²) in [7, 11) is -3.84. The van der Waals surface area contributed by atoms with Gasteiger partial charge in [-0.15, -0.1) is 0 Å². The van der Waals surface area contributed by atoms with E-state index in [1.807, 2.05) is 6.92 Å². The van der Waals surface area contributed by atoms with Gasteiger partial charge in [0.2, 0.25) is 10.0 Å². The number of carbonyl (C=O) groups excluding carboxylic acids is 2. The molecular weight excluding hydrogens is 466 g/mol. The molecule has 1 saturated carbocycles. The molecule has 156 valence electrons. The Bertz CT molecular complexity index is 1140. The number of halogens is 1. The van der Waals surface area contributed by atoms with Gasteiger partial charge in [-0.1, -0.05) is 39.7 Å². The molecule has 0 N–H and O–H groups in total. The van der Waals surface area contributed by atoms with E-state index in [-0.39, 0.29) is 29.6 Å². The van der Waals surface area contributed by atoms with Gasteiger partial charge in [0.25, 0.3) is 0 Å². The SMILES string of the molecule is Cc1ccc(S(=O)(=O)N2CC(C(=O)c3ccc(Br)cc3)=CC3(CCCC3=O)C2)cc1. The molecule has 1 unspecified atom stereocenters. The molecule has 0 radical (unpaired) electrons. The van der Waals surface area contributed by atoms with Crippen molar-refractivity contribution in [1.82, 2.24) is 4.31 Å². The van der Waals surface area contributed by atoms with E-state index in [0.717, 1.165) is 10.0 Å². The van der Waals surface area contributed by atoms with Gasteiger partial charge in [0, 0.05) is 35.1 Å². The Balaban J connectivity index is 1.75. The zero-order chi connectivity index (χ0) is 21.5. The summed E-state index contributed by atoms with van der Waals surface area (Å²) in [5, 5.41) is 0. The first-order valence-electron chi connectivity index (χ1n) is 9.83. The van der Waals surface area contributed by atoms with Crippen molar-refractivity contribution in [1.29, 1.82) is 0 Å². The van der Waals surface area contributed by atoms with Gasteiger partial charge in [0.15, 0.2) is 5.78 Å². The van der Waals surface area contributed by atoms with E-state index >= 15 is 0 Å². The first-order valence-corrected chi connectivity index (χ1v) is 12.1. The summed E-state index contributed by atoms with van der Waals surface area (Å²) in [6, 6.07) is 13.6. The van der Waals surface area contributed by atoms with E-state index in [0.29, 0.717) is 30.4 Å². The topological polar surface area (TPSA) is 71.5 Å². The van der Waals surface area contributed by atoms with Gasteiger partial charge >= 0.3 is 0 Å². The summed E-state index contributed by atoms with van der Waals surface area (Å²) in [5.41, 5.74) is 0.867. The van der Waals surface area contributed by atoms with E-state index < -0.39 is 15.4 Å². The second kappa shape index (κ2) is 7.87. The Morgan fingerprint density at radius 3 is 2.33 bits per heavy atom. The van der Waals surface area contributed by atoms with Crippen LogP contribution in [0.1, 0.15) is 35.2 Å². The minimum atomic E-state index is -3.84. The van der Waals surface area contributed by atoms with Gasteiger partial charge in [-0.2, -0.15) is 4.31 Å². The van der Waals surface area contributed by atoms with Crippen LogP contribution >= 0.6 is 15.9 Å². The van der Waals surface area contributed by atoms with E-state index in [2.05, 4.69) is 15.9 Å². The van der Waals surface area contributed by atoms with Crippen LogP contribution < -0.4 is 0 Å². The lowest BCUT2D eigenvalue weighted by molar-refractivity contribution is -0.124. The van der Waals surface area contributed by atoms with Crippen LogP contribution in [0.15, 0.2) is 69.5 Å². The summed E-state index contributed by atoms with van der Waals surface area (Å²) in [6.07, 6.45) is 3.42. The maximum absolute atomic E-state index is 13.4. The number of nitrogens with zero attached hydrogens (tertiary/aromatic N) is 1. The van der Waals surface area contributed by atoms with E-state index in [4.69, 9.17) is 0 Å². The van der Waals surface area contributed by atoms with Crippen LogP contribution in [-0.2, 0) is 14.8 Å². The number of hydrogen-bond donors (Lipinski definition) is 0. The zero-order valence-corrected chi connectivity index (χ0v) is 19.0. The van der Waals surface area contributed by atoms with Crippen molar-refractivity contribution in [3.63, 3.8) is 0 Å². The molecule has 0 bridgehead atoms. The average molecular weight is 488 g/mol. The lowest BCUT2D eigenvalue weighted by Gasteiger charge is -2.36. The van der Waals surface area contributed by atoms with Crippen LogP contribution in [0.5, 0.6) is 0 Å². The average Bonchev–Trinajstić information content (AvgIpc) is 3.07. The Hall–Kier alpha value is -2.09. The van der Waals surface area contributed by atoms with Crippen LogP contribution in [0.3, 0.4) is 0 Å². The molecule has 1 aliphatic carbocycles. The number of carbonyl (C=O) groups is 2. The lowest BCUT2D eigenvalue weighted by Crippen LogP contribution is -2.47. The number of hydrogen-bond acceptors (Lipinski definition) is 4. The van der Waals surface area contributed by atoms with Crippen molar-refractivity contribution in [2.45, 2.75) is 31.1 Å². The van der Waals surface area contributed by atoms with Crippen LogP contribution in [0.2, 0.25) is 0 Å². The molecule has 1 spiro atoms. The van der Waals surface area contributed by atoms with E-state index in [1.165, 1.54) is 4.31 Å². The summed E-state index contributed by atoms with van der Waals surface area (Å²) < 4.78 is 28.9. The minimum Gasteiger partial charge on any atom is -0.299 e. The van der Waals surface area contributed by atoms with Gasteiger partial charge < -0.3 is 0 Å². The van der Waals surface area contributed by atoms with Gasteiger partial charge in [-0.05, 0) is 56.2 Å². The minimum absolute atomic E-state index is 0.00686. The molecular formula is C23H22BrNO4S. The largest absolute Gasteiger partial charge is 0.299 e. The molecule has 2 aromatic carbocycles. The predicted molar refractivity (Wildman–Crippen MR) is 118 cm³/mol. The third kappa shape index (κ3) is 3.82. The zero-order valence-electron chi connectivity index (χ0n) is 16.6. The molecule has 2 aliphatic rings. The van der Waals surface area contributed by atoms with Crippen molar-refractivity contribution < 1.29 is 18.0 Å². The maximum atomic E-state index is 13.4. The fourth-order valence-electron chi connectivity index (χ4n) is 4.21. The predicted octanol–water partition coefficient (Wildman–Crippen LogP) is 4.31. The van der Waals surface area contributed by atoms with Crippen LogP contribution in [-0.4, -0.2) is 37.4 Å². The summed E-state index contributed by atoms with van der Waals surface area (Å²) >= 11 is 3.36. The molecule has 30 heavy (non-hydrogen) atoms. The first kappa shape index (κ1) is 21.2. The normalized spacial score (nSPS) is 22.3. The Kier molecular flexibility index (Phi) is 5.55. The molecule has 1 fully saturated rings. The number of rotatable bonds is 4. The standard InChI is InChI=1S/C23H22BrNO4S/c1-16-4-10-20(11-5-16)30(28,29)25-14-18(13-23(15-25)12-2-3-21(23)26)22(27)17-6-8-19(24)9-7-17/h4-11,13H,2-3,12,14-15H2,1H3. The highest BCUT2D eigenvalue weighted by molar-refractivity contribution is 9.10. The third-order valence-electron chi connectivity index (χ3n) is 5.89. The number of aryl methyl sites for hydroxylation is 1. The molecule has 0 amide bonds. The number of ketones is 2. The smallest absolute Gasteiger partial charge is 0.243 e. The maximum Gasteiger partial charge on any atom is 0.243 e. The molecule has 1 heterocycles. The van der Waals surface area contributed by atoms with Crippen molar-refractivity contribution >= 4 is 37.5 Å². The molecule has 1 aliphatic heterocycles. The van der Waals surface area contributed by atoms with Crippen molar-refractivity contribution in [3.05, 3.63) is 75.8 Å². The third-order valence-corrected chi connectivity index (χ3v) is 8.23. The summed E-state index contributed by atoms with van der Waals surface area (Å²) in [4.78, 5) is 26.1. The molecule has 0 saturated heterocycles. The van der Waals surface area contributed by atoms with Crippen molar-refractivity contribution in [2.75, 3.05) is 13.1 Å². The second-order valence-corrected chi connectivity index (χ2v) is 10.9. The lowest BCUT2D eigenvalue weighted by atomic mass is 9.79. The van der Waals surface area contributed by atoms with Crippen LogP contribution in [0.4, 0.5) is 0 Å². The summed E-state index contributed by atoms with van der Waals surface area (Å²) in [6.45, 7) is 1.93. The highest BCUT2D eigenvalue weighted by Gasteiger charge is 2.47. The molecule has 2 aromatic rings. The monoisotopic (exact) mass is 487 g/mol. The van der Waals surface area contributed by atoms with Gasteiger partial charge in [-0.25, -0.2) is 8.42 Å². The summed E-state index contributed by atoms with van der Waals surface area (Å²) in [5.74, 6) is -0.238. The number of Topliss-reactive ketones (excluding diaryl/α,β-unsaturated/α-hetero) is 2. The van der Waals surface area contributed by atoms with Gasteiger partial charge in [0.1, 0.15) is 5.78 Å².